The zero-order valence-electron chi connectivity index (χ0n) is 9.39. The average Bonchev–Trinajstić information content (AvgIpc) is 2.28. The van der Waals surface area contributed by atoms with Crippen molar-refractivity contribution < 1.29 is 9.18 Å². The molecule has 0 saturated heterocycles. The Balaban J connectivity index is 2.75. The van der Waals surface area contributed by atoms with Gasteiger partial charge in [0.05, 0.1) is 0 Å². The molecule has 0 saturated carbocycles. The summed E-state index contributed by atoms with van der Waals surface area (Å²) >= 11 is 5.98. The zero-order valence-corrected chi connectivity index (χ0v) is 10.1. The fraction of sp³-hybridized carbons (Fsp3) is 0.417. The average molecular weight is 244 g/mol. The predicted molar refractivity (Wildman–Crippen MR) is 63.0 cm³/mol. The first-order chi connectivity index (χ1) is 7.56. The number of hydrogen-bond acceptors (Lipinski definition) is 1. The van der Waals surface area contributed by atoms with Gasteiger partial charge in [0.1, 0.15) is 11.2 Å². The van der Waals surface area contributed by atoms with Gasteiger partial charge in [-0.15, -0.1) is 11.6 Å². The molecule has 88 valence electrons. The summed E-state index contributed by atoms with van der Waals surface area (Å²) in [5, 5.41) is 1.94. The van der Waals surface area contributed by atoms with Crippen LogP contribution in [-0.2, 0) is 4.79 Å². The standard InChI is InChI=1S/C12H15ClFNO/c1-3-6-15-12(16)11(13)9-4-5-10(14)8(2)7-9/h4-5,7,11H,3,6H2,1-2H3,(H,15,16). The third kappa shape index (κ3) is 3.20. The van der Waals surface area contributed by atoms with Gasteiger partial charge in [0, 0.05) is 6.54 Å². The molecule has 1 atom stereocenters. The number of carbonyl (C=O) groups excluding carboxylic acids is 1. The molecule has 0 heterocycles. The number of aryl methyl sites for hydroxylation is 1. The highest BCUT2D eigenvalue weighted by atomic mass is 35.5. The molecular weight excluding hydrogens is 229 g/mol. The van der Waals surface area contributed by atoms with Crippen molar-refractivity contribution in [1.82, 2.24) is 5.32 Å². The topological polar surface area (TPSA) is 29.1 Å². The molecule has 0 aliphatic heterocycles. The molecule has 0 radical (unpaired) electrons. The first-order valence-corrected chi connectivity index (χ1v) is 5.67. The van der Waals surface area contributed by atoms with E-state index in [-0.39, 0.29) is 11.7 Å². The van der Waals surface area contributed by atoms with Crippen molar-refractivity contribution in [2.24, 2.45) is 0 Å². The number of amides is 1. The first kappa shape index (κ1) is 13.0. The third-order valence-electron chi connectivity index (χ3n) is 2.25. The molecule has 2 nitrogen and oxygen atoms in total. The van der Waals surface area contributed by atoms with Gasteiger partial charge >= 0.3 is 0 Å². The van der Waals surface area contributed by atoms with Gasteiger partial charge in [0.25, 0.3) is 0 Å². The summed E-state index contributed by atoms with van der Waals surface area (Å²) in [6.45, 7) is 4.21. The lowest BCUT2D eigenvalue weighted by molar-refractivity contribution is -0.120. The fourth-order valence-corrected chi connectivity index (χ4v) is 1.53. The Morgan fingerprint density at radius 1 is 1.56 bits per heavy atom. The van der Waals surface area contributed by atoms with Crippen molar-refractivity contribution in [1.29, 1.82) is 0 Å². The van der Waals surface area contributed by atoms with Gasteiger partial charge in [-0.05, 0) is 30.5 Å². The van der Waals surface area contributed by atoms with E-state index in [1.54, 1.807) is 13.0 Å². The van der Waals surface area contributed by atoms with Crippen LogP contribution in [0.25, 0.3) is 0 Å². The van der Waals surface area contributed by atoms with Crippen LogP contribution in [0.4, 0.5) is 4.39 Å². The van der Waals surface area contributed by atoms with Crippen LogP contribution in [-0.4, -0.2) is 12.5 Å². The van der Waals surface area contributed by atoms with Gasteiger partial charge in [0.15, 0.2) is 0 Å². The first-order valence-electron chi connectivity index (χ1n) is 5.24. The molecule has 4 heteroatoms. The highest BCUT2D eigenvalue weighted by Gasteiger charge is 2.17. The maximum atomic E-state index is 13.0. The van der Waals surface area contributed by atoms with Crippen LogP contribution in [0.2, 0.25) is 0 Å². The fourth-order valence-electron chi connectivity index (χ4n) is 1.31. The molecule has 16 heavy (non-hydrogen) atoms. The minimum atomic E-state index is -0.758. The second-order valence-corrected chi connectivity index (χ2v) is 4.10. The van der Waals surface area contributed by atoms with Crippen molar-refractivity contribution in [3.63, 3.8) is 0 Å². The van der Waals surface area contributed by atoms with Gasteiger partial charge in [-0.3, -0.25) is 4.79 Å². The minimum Gasteiger partial charge on any atom is -0.355 e. The Morgan fingerprint density at radius 2 is 2.25 bits per heavy atom. The number of carbonyl (C=O) groups is 1. The second kappa shape index (κ2) is 5.85. The lowest BCUT2D eigenvalue weighted by Gasteiger charge is -2.11. The highest BCUT2D eigenvalue weighted by molar-refractivity contribution is 6.30. The summed E-state index contributed by atoms with van der Waals surface area (Å²) < 4.78 is 13.0. The van der Waals surface area contributed by atoms with E-state index in [4.69, 9.17) is 11.6 Å². The summed E-state index contributed by atoms with van der Waals surface area (Å²) in [5.41, 5.74) is 1.11. The van der Waals surface area contributed by atoms with Crippen molar-refractivity contribution in [2.45, 2.75) is 25.6 Å². The van der Waals surface area contributed by atoms with Gasteiger partial charge in [-0.2, -0.15) is 0 Å². The molecule has 1 aromatic carbocycles. The van der Waals surface area contributed by atoms with Crippen LogP contribution in [0.5, 0.6) is 0 Å². The third-order valence-corrected chi connectivity index (χ3v) is 2.70. The van der Waals surface area contributed by atoms with Crippen molar-refractivity contribution in [3.8, 4) is 0 Å². The van der Waals surface area contributed by atoms with Gasteiger partial charge < -0.3 is 5.32 Å². The highest BCUT2D eigenvalue weighted by Crippen LogP contribution is 2.22. The van der Waals surface area contributed by atoms with Crippen LogP contribution in [0, 0.1) is 12.7 Å². The summed E-state index contributed by atoms with van der Waals surface area (Å²) in [6.07, 6.45) is 0.859. The normalized spacial score (nSPS) is 12.2. The molecule has 1 aromatic rings. The van der Waals surface area contributed by atoms with E-state index in [9.17, 15) is 9.18 Å². The largest absolute Gasteiger partial charge is 0.355 e. The van der Waals surface area contributed by atoms with E-state index in [2.05, 4.69) is 5.32 Å². The number of halogens is 2. The van der Waals surface area contributed by atoms with E-state index in [1.165, 1.54) is 12.1 Å². The van der Waals surface area contributed by atoms with E-state index >= 15 is 0 Å². The number of hydrogen-bond donors (Lipinski definition) is 1. The number of alkyl halides is 1. The van der Waals surface area contributed by atoms with E-state index < -0.39 is 5.38 Å². The summed E-state index contributed by atoms with van der Waals surface area (Å²) in [6, 6.07) is 4.46. The van der Waals surface area contributed by atoms with Crippen LogP contribution < -0.4 is 5.32 Å². The van der Waals surface area contributed by atoms with Gasteiger partial charge in [-0.25, -0.2) is 4.39 Å². The monoisotopic (exact) mass is 243 g/mol. The smallest absolute Gasteiger partial charge is 0.242 e. The number of nitrogens with one attached hydrogen (secondary N) is 1. The van der Waals surface area contributed by atoms with Crippen LogP contribution >= 0.6 is 11.6 Å². The molecular formula is C12H15ClFNO. The molecule has 1 amide bonds. The molecule has 0 aliphatic carbocycles. The lowest BCUT2D eigenvalue weighted by Crippen LogP contribution is -2.27. The van der Waals surface area contributed by atoms with E-state index in [1.807, 2.05) is 6.92 Å². The van der Waals surface area contributed by atoms with Crippen molar-refractivity contribution in [2.75, 3.05) is 6.54 Å². The lowest BCUT2D eigenvalue weighted by atomic mass is 10.1. The van der Waals surface area contributed by atoms with Crippen LogP contribution in [0.15, 0.2) is 18.2 Å². The molecule has 0 aliphatic rings. The Kier molecular flexibility index (Phi) is 4.74. The molecule has 0 fully saturated rings. The molecule has 1 N–H and O–H groups in total. The zero-order chi connectivity index (χ0) is 12.1. The van der Waals surface area contributed by atoms with Gasteiger partial charge in [-0.1, -0.05) is 19.1 Å². The van der Waals surface area contributed by atoms with E-state index in [0.717, 1.165) is 6.42 Å². The Morgan fingerprint density at radius 3 is 2.81 bits per heavy atom. The summed E-state index contributed by atoms with van der Waals surface area (Å²) in [7, 11) is 0. The molecule has 0 spiro atoms. The quantitative estimate of drug-likeness (QED) is 0.810. The number of benzene rings is 1. The summed E-state index contributed by atoms with van der Waals surface area (Å²) in [4.78, 5) is 11.6. The predicted octanol–water partition coefficient (Wildman–Crippen LogP) is 2.94. The maximum Gasteiger partial charge on any atom is 0.242 e. The number of rotatable bonds is 4. The Hall–Kier alpha value is -1.09. The molecule has 1 rings (SSSR count). The molecule has 0 aromatic heterocycles. The van der Waals surface area contributed by atoms with Crippen molar-refractivity contribution >= 4 is 17.5 Å². The minimum absolute atomic E-state index is 0.241. The molecule has 1 unspecified atom stereocenters. The molecule has 0 bridgehead atoms. The van der Waals surface area contributed by atoms with E-state index in [0.29, 0.717) is 17.7 Å². The Bertz CT molecular complexity index is 381. The Labute approximate surface area is 99.8 Å². The maximum absolute atomic E-state index is 13.0. The summed E-state index contributed by atoms with van der Waals surface area (Å²) in [5.74, 6) is -0.531. The second-order valence-electron chi connectivity index (χ2n) is 3.66. The SMILES string of the molecule is CCCNC(=O)C(Cl)c1ccc(F)c(C)c1. The van der Waals surface area contributed by atoms with Crippen LogP contribution in [0.3, 0.4) is 0 Å². The van der Waals surface area contributed by atoms with Crippen LogP contribution in [0.1, 0.15) is 29.8 Å². The van der Waals surface area contributed by atoms with Gasteiger partial charge in [0.2, 0.25) is 5.91 Å². The van der Waals surface area contributed by atoms with Crippen molar-refractivity contribution in [3.05, 3.63) is 35.1 Å².